The fourth-order valence-electron chi connectivity index (χ4n) is 2.39. The maximum atomic E-state index is 11.0. The summed E-state index contributed by atoms with van der Waals surface area (Å²) in [7, 11) is 0. The molecule has 0 saturated carbocycles. The molecule has 2 aromatic heterocycles. The molecular formula is C16H9Cl2N5O3S. The predicted octanol–water partition coefficient (Wildman–Crippen LogP) is 4.79. The molecule has 1 aliphatic heterocycles. The lowest BCUT2D eigenvalue weighted by Crippen LogP contribution is -2.12. The van der Waals surface area contributed by atoms with Crippen LogP contribution in [-0.2, 0) is 0 Å². The quantitative estimate of drug-likeness (QED) is 0.444. The smallest absolute Gasteiger partial charge is 0.399 e. The van der Waals surface area contributed by atoms with Gasteiger partial charge in [-0.3, -0.25) is 10.1 Å². The van der Waals surface area contributed by atoms with Crippen LogP contribution in [0.3, 0.4) is 0 Å². The van der Waals surface area contributed by atoms with Crippen LogP contribution in [0, 0.1) is 17.0 Å². The highest BCUT2D eigenvalue weighted by Gasteiger charge is 2.27. The summed E-state index contributed by atoms with van der Waals surface area (Å²) < 4.78 is 6.89. The molecule has 3 heterocycles. The normalized spacial score (nSPS) is 14.9. The molecule has 27 heavy (non-hydrogen) atoms. The Hall–Kier alpha value is -2.62. The number of thioether (sulfide) groups is 1. The highest BCUT2D eigenvalue weighted by atomic mass is 35.5. The lowest BCUT2D eigenvalue weighted by atomic mass is 10.1. The number of aryl methyl sites for hydroxylation is 1. The molecule has 0 atom stereocenters. The summed E-state index contributed by atoms with van der Waals surface area (Å²) in [5, 5.41) is 25.1. The van der Waals surface area contributed by atoms with Gasteiger partial charge in [0.15, 0.2) is 11.6 Å². The first kappa shape index (κ1) is 17.8. The highest BCUT2D eigenvalue weighted by Crippen LogP contribution is 2.36. The molecule has 0 N–H and O–H groups in total. The molecule has 4 rings (SSSR count). The fourth-order valence-corrected chi connectivity index (χ4v) is 3.82. The molecule has 0 radical (unpaired) electrons. The average molecular weight is 422 g/mol. The first-order chi connectivity index (χ1) is 12.9. The zero-order valence-electron chi connectivity index (χ0n) is 13.6. The van der Waals surface area contributed by atoms with E-state index in [0.29, 0.717) is 37.2 Å². The minimum Gasteiger partial charge on any atom is -0.399 e. The van der Waals surface area contributed by atoms with Crippen molar-refractivity contribution in [2.45, 2.75) is 12.1 Å². The lowest BCUT2D eigenvalue weighted by molar-refractivity contribution is -0.402. The minimum atomic E-state index is -0.602. The van der Waals surface area contributed by atoms with Crippen molar-refractivity contribution >= 4 is 52.6 Å². The molecule has 1 aromatic carbocycles. The molecule has 0 amide bonds. The van der Waals surface area contributed by atoms with E-state index in [1.165, 1.54) is 23.9 Å². The molecule has 0 unspecified atom stereocenters. The molecule has 11 heteroatoms. The van der Waals surface area contributed by atoms with Crippen molar-refractivity contribution in [3.8, 4) is 0 Å². The van der Waals surface area contributed by atoms with E-state index in [-0.39, 0.29) is 11.6 Å². The first-order valence-electron chi connectivity index (χ1n) is 7.53. The molecule has 136 valence electrons. The summed E-state index contributed by atoms with van der Waals surface area (Å²) >= 11 is 13.5. The zero-order chi connectivity index (χ0) is 19.1. The number of hydrogen-bond donors (Lipinski definition) is 0. The van der Waals surface area contributed by atoms with Gasteiger partial charge >= 0.3 is 5.88 Å². The average Bonchev–Trinajstić information content (AvgIpc) is 3.24. The third kappa shape index (κ3) is 3.36. The summed E-state index contributed by atoms with van der Waals surface area (Å²) in [6.45, 7) is 1.76. The lowest BCUT2D eigenvalue weighted by Gasteiger charge is -2.15. The van der Waals surface area contributed by atoms with E-state index in [1.807, 2.05) is 0 Å². The molecule has 0 saturated heterocycles. The maximum absolute atomic E-state index is 11.0. The van der Waals surface area contributed by atoms with Gasteiger partial charge in [-0.2, -0.15) is 9.78 Å². The number of hydrogen-bond acceptors (Lipinski definition) is 7. The van der Waals surface area contributed by atoms with Gasteiger partial charge in [0, 0.05) is 15.0 Å². The third-order valence-electron chi connectivity index (χ3n) is 3.66. The van der Waals surface area contributed by atoms with Crippen LogP contribution in [-0.4, -0.2) is 25.5 Å². The Bertz CT molecular complexity index is 1140. The Kier molecular flexibility index (Phi) is 4.50. The topological polar surface area (TPSA) is 99.3 Å². The Morgan fingerprint density at radius 2 is 2.07 bits per heavy atom. The molecule has 0 aliphatic carbocycles. The monoisotopic (exact) mass is 421 g/mol. The van der Waals surface area contributed by atoms with Crippen LogP contribution in [0.15, 0.2) is 49.9 Å². The number of furan rings is 1. The number of nitro groups is 1. The van der Waals surface area contributed by atoms with Crippen molar-refractivity contribution < 1.29 is 9.34 Å². The van der Waals surface area contributed by atoms with Crippen LogP contribution in [0.25, 0.3) is 6.08 Å². The number of benzene rings is 1. The van der Waals surface area contributed by atoms with E-state index in [2.05, 4.69) is 15.3 Å². The summed E-state index contributed by atoms with van der Waals surface area (Å²) in [6.07, 6.45) is 1.80. The molecule has 1 aliphatic rings. The number of aromatic nitrogens is 3. The second-order valence-electron chi connectivity index (χ2n) is 5.46. The molecule has 3 aromatic rings. The van der Waals surface area contributed by atoms with Crippen LogP contribution in [0.2, 0.25) is 10.0 Å². The maximum Gasteiger partial charge on any atom is 0.433 e. The van der Waals surface area contributed by atoms with Gasteiger partial charge in [0.2, 0.25) is 5.16 Å². The van der Waals surface area contributed by atoms with Crippen molar-refractivity contribution in [3.63, 3.8) is 0 Å². The molecule has 0 spiro atoms. The van der Waals surface area contributed by atoms with Crippen molar-refractivity contribution in [2.24, 2.45) is 5.10 Å². The van der Waals surface area contributed by atoms with Crippen molar-refractivity contribution in [3.05, 3.63) is 72.5 Å². The number of rotatable bonds is 3. The van der Waals surface area contributed by atoms with Crippen LogP contribution >= 0.6 is 35.0 Å². The van der Waals surface area contributed by atoms with Gasteiger partial charge in [-0.25, -0.2) is 0 Å². The molecular weight excluding hydrogens is 413 g/mol. The van der Waals surface area contributed by atoms with Crippen LogP contribution < -0.4 is 0 Å². The van der Waals surface area contributed by atoms with Gasteiger partial charge in [-0.05, 0) is 48.5 Å². The number of nitrogens with zero attached hydrogens (tertiary/aromatic N) is 5. The molecule has 0 bridgehead atoms. The van der Waals surface area contributed by atoms with E-state index in [0.717, 1.165) is 0 Å². The molecule has 0 fully saturated rings. The SMILES string of the molecule is Cc1nnc2n1N=C(c1ccc([N+](=O)[O-])o1)/C(=C/c1ccc(Cl)cc1Cl)S2. The van der Waals surface area contributed by atoms with Gasteiger partial charge < -0.3 is 4.42 Å². The number of fused-ring (bicyclic) bond motifs is 1. The Labute approximate surface area is 166 Å². The van der Waals surface area contributed by atoms with E-state index >= 15 is 0 Å². The van der Waals surface area contributed by atoms with Crippen molar-refractivity contribution in [1.29, 1.82) is 0 Å². The Morgan fingerprint density at radius 3 is 2.78 bits per heavy atom. The number of allylic oxidation sites excluding steroid dienone is 1. The first-order valence-corrected chi connectivity index (χ1v) is 9.10. The highest BCUT2D eigenvalue weighted by molar-refractivity contribution is 8.04. The number of halogens is 2. The van der Waals surface area contributed by atoms with E-state index in [1.54, 1.807) is 35.9 Å². The summed E-state index contributed by atoms with van der Waals surface area (Å²) in [4.78, 5) is 11.0. The van der Waals surface area contributed by atoms with Gasteiger partial charge in [0.05, 0.1) is 6.07 Å². The van der Waals surface area contributed by atoms with Gasteiger partial charge in [-0.1, -0.05) is 29.3 Å². The molecule has 8 nitrogen and oxygen atoms in total. The standard InChI is InChI=1S/C16H9Cl2N5O3S/c1-8-19-20-16-22(8)21-15(12-4-5-14(26-12)23(24)25)13(27-16)6-9-2-3-10(17)7-11(9)18/h2-7H,1H3/b13-6-. The third-order valence-corrected chi connectivity index (χ3v) is 5.19. The minimum absolute atomic E-state index is 0.254. The fraction of sp³-hybridized carbons (Fsp3) is 0.0625. The zero-order valence-corrected chi connectivity index (χ0v) is 15.9. The van der Waals surface area contributed by atoms with E-state index in [4.69, 9.17) is 27.6 Å². The van der Waals surface area contributed by atoms with Gasteiger partial charge in [0.1, 0.15) is 10.6 Å². The van der Waals surface area contributed by atoms with E-state index < -0.39 is 4.92 Å². The van der Waals surface area contributed by atoms with Crippen molar-refractivity contribution in [1.82, 2.24) is 14.9 Å². The second kappa shape index (κ2) is 6.84. The van der Waals surface area contributed by atoms with Gasteiger partial charge in [0.25, 0.3) is 0 Å². The van der Waals surface area contributed by atoms with Crippen LogP contribution in [0.1, 0.15) is 17.1 Å². The summed E-state index contributed by atoms with van der Waals surface area (Å²) in [6, 6.07) is 7.90. The van der Waals surface area contributed by atoms with Crippen molar-refractivity contribution in [2.75, 3.05) is 0 Å². The van der Waals surface area contributed by atoms with Crippen LogP contribution in [0.4, 0.5) is 5.88 Å². The summed E-state index contributed by atoms with van der Waals surface area (Å²) in [5.41, 5.74) is 1.12. The Balaban J connectivity index is 1.86. The van der Waals surface area contributed by atoms with E-state index in [9.17, 15) is 10.1 Å². The largest absolute Gasteiger partial charge is 0.433 e. The predicted molar refractivity (Wildman–Crippen MR) is 102 cm³/mol. The summed E-state index contributed by atoms with van der Waals surface area (Å²) in [5.74, 6) is 0.469. The van der Waals surface area contributed by atoms with Crippen LogP contribution in [0.5, 0.6) is 0 Å². The van der Waals surface area contributed by atoms with Gasteiger partial charge in [-0.15, -0.1) is 10.2 Å². The Morgan fingerprint density at radius 1 is 1.26 bits per heavy atom. The second-order valence-corrected chi connectivity index (χ2v) is 7.31.